The molecule has 0 spiro atoms. The van der Waals surface area contributed by atoms with Crippen LogP contribution in [0.4, 0.5) is 15.8 Å². The van der Waals surface area contributed by atoms with Crippen molar-refractivity contribution >= 4 is 17.3 Å². The fraction of sp³-hybridized carbons (Fsp3) is 0.100. The van der Waals surface area contributed by atoms with E-state index in [2.05, 4.69) is 15.6 Å². The number of hydrogen-bond donors (Lipinski definition) is 2. The van der Waals surface area contributed by atoms with E-state index in [-0.39, 0.29) is 18.0 Å². The van der Waals surface area contributed by atoms with Gasteiger partial charge in [0.25, 0.3) is 0 Å². The monoisotopic (exact) mass is 335 g/mol. The van der Waals surface area contributed by atoms with E-state index in [1.807, 2.05) is 42.5 Å². The number of aromatic nitrogens is 1. The fourth-order valence-electron chi connectivity index (χ4n) is 2.41. The van der Waals surface area contributed by atoms with Crippen LogP contribution in [-0.4, -0.2) is 10.9 Å². The summed E-state index contributed by atoms with van der Waals surface area (Å²) in [6, 6.07) is 17.7. The number of anilines is 2. The minimum absolute atomic E-state index is 0.164. The third-order valence-corrected chi connectivity index (χ3v) is 3.67. The van der Waals surface area contributed by atoms with Crippen molar-refractivity contribution in [2.45, 2.75) is 13.0 Å². The largest absolute Gasteiger partial charge is 0.381 e. The molecule has 1 aromatic heterocycles. The number of carbonyl (C=O) groups excluding carboxylic acids is 1. The van der Waals surface area contributed by atoms with E-state index < -0.39 is 5.82 Å². The smallest absolute Gasteiger partial charge is 0.228 e. The van der Waals surface area contributed by atoms with Gasteiger partial charge in [0.15, 0.2) is 0 Å². The van der Waals surface area contributed by atoms with Gasteiger partial charge in [-0.2, -0.15) is 0 Å². The first kappa shape index (κ1) is 16.6. The molecule has 0 radical (unpaired) electrons. The van der Waals surface area contributed by atoms with Gasteiger partial charge in [-0.1, -0.05) is 36.4 Å². The number of pyridine rings is 1. The maximum absolute atomic E-state index is 14.0. The lowest BCUT2D eigenvalue weighted by molar-refractivity contribution is -0.115. The van der Waals surface area contributed by atoms with Gasteiger partial charge in [-0.15, -0.1) is 0 Å². The molecular weight excluding hydrogens is 317 g/mol. The molecular formula is C20H18FN3O. The highest BCUT2D eigenvalue weighted by atomic mass is 19.1. The van der Waals surface area contributed by atoms with Crippen molar-refractivity contribution in [3.63, 3.8) is 0 Å². The number of carbonyl (C=O) groups is 1. The third-order valence-electron chi connectivity index (χ3n) is 3.67. The molecule has 0 bridgehead atoms. The highest BCUT2D eigenvalue weighted by Gasteiger charge is 2.09. The van der Waals surface area contributed by atoms with E-state index in [0.717, 1.165) is 16.8 Å². The van der Waals surface area contributed by atoms with Crippen LogP contribution in [0.1, 0.15) is 11.1 Å². The molecule has 5 heteroatoms. The molecule has 4 nitrogen and oxygen atoms in total. The number of nitrogens with zero attached hydrogens (tertiary/aromatic N) is 1. The van der Waals surface area contributed by atoms with Crippen LogP contribution in [0, 0.1) is 5.82 Å². The molecule has 3 rings (SSSR count). The Morgan fingerprint density at radius 2 is 1.80 bits per heavy atom. The van der Waals surface area contributed by atoms with E-state index in [1.54, 1.807) is 24.5 Å². The average Bonchev–Trinajstić information content (AvgIpc) is 2.64. The third kappa shape index (κ3) is 4.88. The first-order chi connectivity index (χ1) is 12.2. The minimum Gasteiger partial charge on any atom is -0.381 e. The number of amides is 1. The van der Waals surface area contributed by atoms with Crippen LogP contribution in [0.15, 0.2) is 73.1 Å². The zero-order valence-corrected chi connectivity index (χ0v) is 13.6. The summed E-state index contributed by atoms with van der Waals surface area (Å²) in [6.45, 7) is 0.566. The van der Waals surface area contributed by atoms with Crippen LogP contribution >= 0.6 is 0 Å². The van der Waals surface area contributed by atoms with Gasteiger partial charge in [0, 0.05) is 24.6 Å². The molecule has 0 saturated carbocycles. The van der Waals surface area contributed by atoms with Crippen molar-refractivity contribution in [1.29, 1.82) is 0 Å². The molecule has 3 aromatic rings. The predicted octanol–water partition coefficient (Wildman–Crippen LogP) is 4.01. The lowest BCUT2D eigenvalue weighted by Crippen LogP contribution is -2.15. The molecule has 25 heavy (non-hydrogen) atoms. The van der Waals surface area contributed by atoms with Crippen molar-refractivity contribution < 1.29 is 9.18 Å². The Morgan fingerprint density at radius 1 is 1.00 bits per heavy atom. The van der Waals surface area contributed by atoms with Gasteiger partial charge in [-0.3, -0.25) is 9.78 Å². The Kier molecular flexibility index (Phi) is 5.36. The summed E-state index contributed by atoms with van der Waals surface area (Å²) in [5, 5.41) is 5.82. The van der Waals surface area contributed by atoms with Crippen molar-refractivity contribution in [3.8, 4) is 0 Å². The fourth-order valence-corrected chi connectivity index (χ4v) is 2.41. The van der Waals surface area contributed by atoms with Gasteiger partial charge in [-0.25, -0.2) is 4.39 Å². The molecule has 0 atom stereocenters. The highest BCUT2D eigenvalue weighted by molar-refractivity contribution is 5.92. The molecule has 2 N–H and O–H groups in total. The standard InChI is InChI=1S/C20H18FN3O/c21-18-9-8-17(23-14-16-7-4-10-22-13-16)12-19(18)24-20(25)11-15-5-2-1-3-6-15/h1-10,12-13,23H,11,14H2,(H,24,25). The molecule has 0 aliphatic heterocycles. The number of nitrogens with one attached hydrogen (secondary N) is 2. The Balaban J connectivity index is 1.64. The van der Waals surface area contributed by atoms with Gasteiger partial charge in [0.2, 0.25) is 5.91 Å². The first-order valence-corrected chi connectivity index (χ1v) is 7.97. The summed E-state index contributed by atoms with van der Waals surface area (Å²) in [5.74, 6) is -0.720. The van der Waals surface area contributed by atoms with Gasteiger partial charge >= 0.3 is 0 Å². The quantitative estimate of drug-likeness (QED) is 0.715. The molecule has 0 fully saturated rings. The summed E-state index contributed by atoms with van der Waals surface area (Å²) >= 11 is 0. The van der Waals surface area contributed by atoms with Crippen LogP contribution in [0.3, 0.4) is 0 Å². The van der Waals surface area contributed by atoms with Crippen LogP contribution in [0.2, 0.25) is 0 Å². The maximum Gasteiger partial charge on any atom is 0.228 e. The average molecular weight is 335 g/mol. The Bertz CT molecular complexity index is 838. The Hall–Kier alpha value is -3.21. The summed E-state index contributed by atoms with van der Waals surface area (Å²) in [7, 11) is 0. The lowest BCUT2D eigenvalue weighted by atomic mass is 10.1. The SMILES string of the molecule is O=C(Cc1ccccc1)Nc1cc(NCc2cccnc2)ccc1F. The second-order valence-electron chi connectivity index (χ2n) is 5.62. The summed E-state index contributed by atoms with van der Waals surface area (Å²) in [6.07, 6.45) is 3.68. The Labute approximate surface area is 145 Å². The van der Waals surface area contributed by atoms with Crippen LogP contribution < -0.4 is 10.6 Å². The summed E-state index contributed by atoms with van der Waals surface area (Å²) in [4.78, 5) is 16.2. The predicted molar refractivity (Wildman–Crippen MR) is 96.7 cm³/mol. The number of benzene rings is 2. The molecule has 1 amide bonds. The van der Waals surface area contributed by atoms with Gasteiger partial charge in [-0.05, 0) is 35.4 Å². The van der Waals surface area contributed by atoms with Crippen molar-refractivity contribution in [3.05, 3.63) is 90.0 Å². The van der Waals surface area contributed by atoms with Crippen molar-refractivity contribution in [2.75, 3.05) is 10.6 Å². The van der Waals surface area contributed by atoms with Gasteiger partial charge in [0.1, 0.15) is 5.82 Å². The van der Waals surface area contributed by atoms with E-state index in [4.69, 9.17) is 0 Å². The molecule has 0 unspecified atom stereocenters. The maximum atomic E-state index is 14.0. The van der Waals surface area contributed by atoms with Crippen molar-refractivity contribution in [2.24, 2.45) is 0 Å². The Morgan fingerprint density at radius 3 is 2.56 bits per heavy atom. The van der Waals surface area contributed by atoms with Crippen LogP contribution in [0.25, 0.3) is 0 Å². The summed E-state index contributed by atoms with van der Waals surface area (Å²) in [5.41, 5.74) is 2.78. The zero-order valence-electron chi connectivity index (χ0n) is 13.6. The molecule has 1 heterocycles. The number of rotatable bonds is 6. The van der Waals surface area contributed by atoms with E-state index >= 15 is 0 Å². The number of hydrogen-bond acceptors (Lipinski definition) is 3. The topological polar surface area (TPSA) is 54.0 Å². The number of halogens is 1. The zero-order chi connectivity index (χ0) is 17.5. The van der Waals surface area contributed by atoms with E-state index in [9.17, 15) is 9.18 Å². The molecule has 126 valence electrons. The van der Waals surface area contributed by atoms with Gasteiger partial charge < -0.3 is 10.6 Å². The molecule has 0 aliphatic rings. The summed E-state index contributed by atoms with van der Waals surface area (Å²) < 4.78 is 14.0. The van der Waals surface area contributed by atoms with Crippen LogP contribution in [-0.2, 0) is 17.8 Å². The normalized spacial score (nSPS) is 10.3. The van der Waals surface area contributed by atoms with Crippen LogP contribution in [0.5, 0.6) is 0 Å². The molecule has 0 saturated heterocycles. The molecule has 0 aliphatic carbocycles. The second-order valence-corrected chi connectivity index (χ2v) is 5.62. The van der Waals surface area contributed by atoms with E-state index in [1.165, 1.54) is 6.07 Å². The lowest BCUT2D eigenvalue weighted by Gasteiger charge is -2.11. The second kappa shape index (κ2) is 8.06. The van der Waals surface area contributed by atoms with Gasteiger partial charge in [0.05, 0.1) is 12.1 Å². The van der Waals surface area contributed by atoms with E-state index in [0.29, 0.717) is 6.54 Å². The molecule has 2 aromatic carbocycles. The minimum atomic E-state index is -0.465. The first-order valence-electron chi connectivity index (χ1n) is 7.97. The highest BCUT2D eigenvalue weighted by Crippen LogP contribution is 2.20. The van der Waals surface area contributed by atoms with Crippen molar-refractivity contribution in [1.82, 2.24) is 4.98 Å².